The molecule has 0 spiro atoms. The summed E-state index contributed by atoms with van der Waals surface area (Å²) in [7, 11) is 0. The minimum absolute atomic E-state index is 0.00462. The van der Waals surface area contributed by atoms with Crippen molar-refractivity contribution in [1.82, 2.24) is 20.2 Å². The molecule has 2 heterocycles. The van der Waals surface area contributed by atoms with Gasteiger partial charge < -0.3 is 15.2 Å². The van der Waals surface area contributed by atoms with Gasteiger partial charge in [-0.15, -0.1) is 11.8 Å². The number of hydrogen-bond acceptors (Lipinski definition) is 4. The van der Waals surface area contributed by atoms with E-state index in [0.717, 1.165) is 41.0 Å². The Hall–Kier alpha value is -2.80. The maximum absolute atomic E-state index is 12.4. The van der Waals surface area contributed by atoms with Crippen molar-refractivity contribution in [1.29, 1.82) is 0 Å². The molecule has 1 aromatic heterocycles. The molecular formula is C23H26N4O2S. The number of H-pyrrole nitrogens is 1. The molecule has 0 bridgehead atoms. The summed E-state index contributed by atoms with van der Waals surface area (Å²) in [5, 5.41) is 3.11. The summed E-state index contributed by atoms with van der Waals surface area (Å²) in [4.78, 5) is 34.2. The van der Waals surface area contributed by atoms with Crippen LogP contribution < -0.4 is 5.32 Å². The molecule has 3 aromatic rings. The second-order valence-corrected chi connectivity index (χ2v) is 8.89. The summed E-state index contributed by atoms with van der Waals surface area (Å²) in [5.74, 6) is 1.46. The van der Waals surface area contributed by atoms with Crippen LogP contribution in [0, 0.1) is 0 Å². The van der Waals surface area contributed by atoms with Crippen molar-refractivity contribution >= 4 is 34.6 Å². The SMILES string of the molecule is CC(SCC(=O)NCc1ccccc1CN1CCCC1=O)c1nc2ccccc2[nH]1. The van der Waals surface area contributed by atoms with Gasteiger partial charge in [-0.05, 0) is 36.6 Å². The number of nitrogens with one attached hydrogen (secondary N) is 2. The molecule has 1 fully saturated rings. The molecule has 7 heteroatoms. The van der Waals surface area contributed by atoms with Crippen LogP contribution in [-0.4, -0.2) is 39.0 Å². The zero-order valence-corrected chi connectivity index (χ0v) is 17.9. The number of hydrogen-bond donors (Lipinski definition) is 2. The molecule has 2 amide bonds. The number of thioether (sulfide) groups is 1. The second-order valence-electron chi connectivity index (χ2n) is 7.56. The van der Waals surface area contributed by atoms with E-state index in [1.807, 2.05) is 53.4 Å². The van der Waals surface area contributed by atoms with Gasteiger partial charge >= 0.3 is 0 Å². The molecule has 1 aliphatic heterocycles. The average Bonchev–Trinajstić information content (AvgIpc) is 3.37. The number of benzene rings is 2. The third kappa shape index (κ3) is 4.84. The van der Waals surface area contributed by atoms with E-state index >= 15 is 0 Å². The Balaban J connectivity index is 1.29. The van der Waals surface area contributed by atoms with Crippen LogP contribution in [0.5, 0.6) is 0 Å². The Morgan fingerprint density at radius 1 is 1.20 bits per heavy atom. The zero-order chi connectivity index (χ0) is 20.9. The fourth-order valence-corrected chi connectivity index (χ4v) is 4.42. The smallest absolute Gasteiger partial charge is 0.230 e. The lowest BCUT2D eigenvalue weighted by Crippen LogP contribution is -2.27. The molecule has 0 radical (unpaired) electrons. The summed E-state index contributed by atoms with van der Waals surface area (Å²) < 4.78 is 0. The van der Waals surface area contributed by atoms with Gasteiger partial charge in [-0.2, -0.15) is 0 Å². The molecule has 2 aromatic carbocycles. The Morgan fingerprint density at radius 3 is 2.73 bits per heavy atom. The highest BCUT2D eigenvalue weighted by molar-refractivity contribution is 8.00. The molecule has 6 nitrogen and oxygen atoms in total. The lowest BCUT2D eigenvalue weighted by atomic mass is 10.1. The van der Waals surface area contributed by atoms with Gasteiger partial charge in [-0.3, -0.25) is 9.59 Å². The van der Waals surface area contributed by atoms with Gasteiger partial charge in [0.25, 0.3) is 0 Å². The molecule has 0 aliphatic carbocycles. The van der Waals surface area contributed by atoms with Gasteiger partial charge in [0.1, 0.15) is 5.82 Å². The van der Waals surface area contributed by atoms with Crippen LogP contribution in [0.4, 0.5) is 0 Å². The lowest BCUT2D eigenvalue weighted by Gasteiger charge is -2.18. The molecule has 0 saturated carbocycles. The van der Waals surface area contributed by atoms with Crippen molar-refractivity contribution in [3.05, 3.63) is 65.5 Å². The number of aromatic amines is 1. The number of amides is 2. The fourth-order valence-electron chi connectivity index (χ4n) is 3.65. The molecule has 2 N–H and O–H groups in total. The van der Waals surface area contributed by atoms with E-state index in [2.05, 4.69) is 22.2 Å². The summed E-state index contributed by atoms with van der Waals surface area (Å²) in [5.41, 5.74) is 4.10. The monoisotopic (exact) mass is 422 g/mol. The van der Waals surface area contributed by atoms with Crippen molar-refractivity contribution in [2.45, 2.75) is 38.1 Å². The summed E-state index contributed by atoms with van der Waals surface area (Å²) in [6.07, 6.45) is 1.57. The predicted molar refractivity (Wildman–Crippen MR) is 120 cm³/mol. The Morgan fingerprint density at radius 2 is 1.97 bits per heavy atom. The Kier molecular flexibility index (Phi) is 6.38. The largest absolute Gasteiger partial charge is 0.351 e. The van der Waals surface area contributed by atoms with Gasteiger partial charge in [-0.25, -0.2) is 4.98 Å². The third-order valence-corrected chi connectivity index (χ3v) is 6.54. The van der Waals surface area contributed by atoms with Crippen molar-refractivity contribution in [3.63, 3.8) is 0 Å². The van der Waals surface area contributed by atoms with Crippen molar-refractivity contribution in [2.24, 2.45) is 0 Å². The molecule has 156 valence electrons. The van der Waals surface area contributed by atoms with Gasteiger partial charge in [0, 0.05) is 26.1 Å². The molecule has 30 heavy (non-hydrogen) atoms. The van der Waals surface area contributed by atoms with Crippen LogP contribution in [-0.2, 0) is 22.7 Å². The second kappa shape index (κ2) is 9.34. The number of para-hydroxylation sites is 2. The summed E-state index contributed by atoms with van der Waals surface area (Å²) in [6, 6.07) is 15.9. The zero-order valence-electron chi connectivity index (χ0n) is 17.1. The molecular weight excluding hydrogens is 396 g/mol. The Bertz CT molecular complexity index is 1020. The molecule has 1 aliphatic rings. The number of carbonyl (C=O) groups excluding carboxylic acids is 2. The first-order valence-corrected chi connectivity index (χ1v) is 11.3. The van der Waals surface area contributed by atoms with Crippen LogP contribution in [0.3, 0.4) is 0 Å². The molecule has 1 saturated heterocycles. The average molecular weight is 423 g/mol. The van der Waals surface area contributed by atoms with Crippen molar-refractivity contribution in [2.75, 3.05) is 12.3 Å². The van der Waals surface area contributed by atoms with Crippen molar-refractivity contribution in [3.8, 4) is 0 Å². The van der Waals surface area contributed by atoms with Crippen LogP contribution in [0.1, 0.15) is 42.0 Å². The first-order chi connectivity index (χ1) is 14.6. The first kappa shape index (κ1) is 20.5. The number of nitrogens with zero attached hydrogens (tertiary/aromatic N) is 2. The highest BCUT2D eigenvalue weighted by Crippen LogP contribution is 2.27. The molecule has 1 atom stereocenters. The first-order valence-electron chi connectivity index (χ1n) is 10.3. The topological polar surface area (TPSA) is 78.1 Å². The highest BCUT2D eigenvalue weighted by Gasteiger charge is 2.21. The highest BCUT2D eigenvalue weighted by atomic mass is 32.2. The van der Waals surface area contributed by atoms with Crippen LogP contribution in [0.2, 0.25) is 0 Å². The lowest BCUT2D eigenvalue weighted by molar-refractivity contribution is -0.128. The molecule has 1 unspecified atom stereocenters. The van der Waals surface area contributed by atoms with Crippen LogP contribution in [0.25, 0.3) is 11.0 Å². The van der Waals surface area contributed by atoms with E-state index in [1.54, 1.807) is 11.8 Å². The van der Waals surface area contributed by atoms with E-state index in [4.69, 9.17) is 0 Å². The van der Waals surface area contributed by atoms with E-state index in [9.17, 15) is 9.59 Å². The van der Waals surface area contributed by atoms with Gasteiger partial charge in [0.05, 0.1) is 22.0 Å². The predicted octanol–water partition coefficient (Wildman–Crippen LogP) is 3.80. The van der Waals surface area contributed by atoms with Gasteiger partial charge in [-0.1, -0.05) is 36.4 Å². The minimum Gasteiger partial charge on any atom is -0.351 e. The van der Waals surface area contributed by atoms with E-state index < -0.39 is 0 Å². The Labute approximate surface area is 180 Å². The number of carbonyl (C=O) groups is 2. The van der Waals surface area contributed by atoms with Crippen molar-refractivity contribution < 1.29 is 9.59 Å². The number of fused-ring (bicyclic) bond motifs is 1. The van der Waals surface area contributed by atoms with Gasteiger partial charge in [0.15, 0.2) is 0 Å². The summed E-state index contributed by atoms with van der Waals surface area (Å²) in [6.45, 7) is 3.95. The molecule has 4 rings (SSSR count). The maximum atomic E-state index is 12.4. The fraction of sp³-hybridized carbons (Fsp3) is 0.348. The van der Waals surface area contributed by atoms with Gasteiger partial charge in [0.2, 0.25) is 11.8 Å². The third-order valence-electron chi connectivity index (χ3n) is 5.38. The normalized spacial score (nSPS) is 15.0. The summed E-state index contributed by atoms with van der Waals surface area (Å²) >= 11 is 1.56. The number of aromatic nitrogens is 2. The van der Waals surface area contributed by atoms with Crippen LogP contribution in [0.15, 0.2) is 48.5 Å². The van der Waals surface area contributed by atoms with E-state index in [0.29, 0.717) is 25.3 Å². The van der Waals surface area contributed by atoms with E-state index in [1.165, 1.54) is 0 Å². The van der Waals surface area contributed by atoms with Crippen LogP contribution >= 0.6 is 11.8 Å². The standard InChI is InChI=1S/C23H26N4O2S/c1-16(23-25-19-9-4-5-10-20(19)26-23)30-15-21(28)24-13-17-7-2-3-8-18(17)14-27-12-6-11-22(27)29/h2-5,7-10,16H,6,11-15H2,1H3,(H,24,28)(H,25,26). The minimum atomic E-state index is -0.00462. The van der Waals surface area contributed by atoms with E-state index in [-0.39, 0.29) is 17.1 Å². The quantitative estimate of drug-likeness (QED) is 0.579. The number of rotatable bonds is 8. The number of likely N-dealkylation sites (tertiary alicyclic amines) is 1. The number of imidazole rings is 1. The maximum Gasteiger partial charge on any atom is 0.230 e.